The maximum atomic E-state index is 12.3. The van der Waals surface area contributed by atoms with Crippen LogP contribution in [0, 0.1) is 5.92 Å². The highest BCUT2D eigenvalue weighted by Gasteiger charge is 2.21. The Morgan fingerprint density at radius 3 is 2.41 bits per heavy atom. The number of anilines is 1. The van der Waals surface area contributed by atoms with Gasteiger partial charge in [-0.05, 0) is 65.5 Å². The molecule has 0 bridgehead atoms. The van der Waals surface area contributed by atoms with E-state index in [4.69, 9.17) is 4.42 Å². The lowest BCUT2D eigenvalue weighted by Gasteiger charge is -2.20. The average Bonchev–Trinajstić information content (AvgIpc) is 3.13. The summed E-state index contributed by atoms with van der Waals surface area (Å²) < 4.78 is 5.67. The standard InChI is InChI=1S/C20H22BrN3O3/c1-13(23-24-20(26)17-11-12-18(21)27-17)14-7-9-16(10-8-14)22-19(25)15-5-3-2-4-6-15/h7-12,15H,2-6H2,1H3,(H,22,25)(H,24,26)/b23-13+. The molecule has 0 atom stereocenters. The van der Waals surface area contributed by atoms with Crippen molar-refractivity contribution in [1.82, 2.24) is 5.43 Å². The van der Waals surface area contributed by atoms with E-state index in [1.54, 1.807) is 19.1 Å². The number of nitrogens with zero attached hydrogens (tertiary/aromatic N) is 1. The molecule has 3 rings (SSSR count). The number of hydrazone groups is 1. The van der Waals surface area contributed by atoms with Crippen molar-refractivity contribution in [3.05, 3.63) is 52.4 Å². The first-order chi connectivity index (χ1) is 13.0. The normalized spacial score (nSPS) is 15.4. The third-order valence-corrected chi connectivity index (χ3v) is 5.09. The van der Waals surface area contributed by atoms with E-state index in [-0.39, 0.29) is 17.6 Å². The molecule has 27 heavy (non-hydrogen) atoms. The molecular weight excluding hydrogens is 410 g/mol. The van der Waals surface area contributed by atoms with Gasteiger partial charge in [0.2, 0.25) is 5.91 Å². The molecule has 1 heterocycles. The SMILES string of the molecule is C/C(=N\NC(=O)c1ccc(Br)o1)c1ccc(NC(=O)C2CCCCC2)cc1. The Bertz CT molecular complexity index is 836. The second-order valence-electron chi connectivity index (χ2n) is 6.64. The number of carbonyl (C=O) groups is 2. The van der Waals surface area contributed by atoms with E-state index in [2.05, 4.69) is 31.8 Å². The van der Waals surface area contributed by atoms with Gasteiger partial charge in [-0.2, -0.15) is 5.10 Å². The zero-order valence-electron chi connectivity index (χ0n) is 15.1. The maximum absolute atomic E-state index is 12.3. The largest absolute Gasteiger partial charge is 0.444 e. The summed E-state index contributed by atoms with van der Waals surface area (Å²) in [6, 6.07) is 10.6. The number of benzene rings is 1. The fourth-order valence-electron chi connectivity index (χ4n) is 3.09. The Morgan fingerprint density at radius 2 is 1.78 bits per heavy atom. The lowest BCUT2D eigenvalue weighted by molar-refractivity contribution is -0.120. The number of hydrogen-bond acceptors (Lipinski definition) is 4. The van der Waals surface area contributed by atoms with Gasteiger partial charge in [-0.3, -0.25) is 9.59 Å². The monoisotopic (exact) mass is 431 g/mol. The zero-order valence-corrected chi connectivity index (χ0v) is 16.7. The van der Waals surface area contributed by atoms with Gasteiger partial charge < -0.3 is 9.73 Å². The van der Waals surface area contributed by atoms with Gasteiger partial charge in [0, 0.05) is 11.6 Å². The van der Waals surface area contributed by atoms with Crippen LogP contribution in [-0.4, -0.2) is 17.5 Å². The van der Waals surface area contributed by atoms with E-state index >= 15 is 0 Å². The quantitative estimate of drug-likeness (QED) is 0.530. The number of amides is 2. The highest BCUT2D eigenvalue weighted by atomic mass is 79.9. The fourth-order valence-corrected chi connectivity index (χ4v) is 3.40. The molecule has 1 saturated carbocycles. The fraction of sp³-hybridized carbons (Fsp3) is 0.350. The summed E-state index contributed by atoms with van der Waals surface area (Å²) in [5.41, 5.74) is 4.74. The van der Waals surface area contributed by atoms with Crippen LogP contribution in [0.4, 0.5) is 5.69 Å². The molecule has 1 fully saturated rings. The minimum atomic E-state index is -0.420. The van der Waals surface area contributed by atoms with Gasteiger partial charge in [0.15, 0.2) is 10.4 Å². The third kappa shape index (κ3) is 5.29. The maximum Gasteiger partial charge on any atom is 0.307 e. The van der Waals surface area contributed by atoms with Gasteiger partial charge in [0.1, 0.15) is 0 Å². The van der Waals surface area contributed by atoms with E-state index in [1.807, 2.05) is 24.3 Å². The van der Waals surface area contributed by atoms with Gasteiger partial charge in [0.05, 0.1) is 5.71 Å². The van der Waals surface area contributed by atoms with Crippen molar-refractivity contribution in [3.63, 3.8) is 0 Å². The predicted molar refractivity (Wildman–Crippen MR) is 108 cm³/mol. The van der Waals surface area contributed by atoms with Crippen LogP contribution in [-0.2, 0) is 4.79 Å². The molecule has 0 spiro atoms. The van der Waals surface area contributed by atoms with Crippen LogP contribution < -0.4 is 10.7 Å². The van der Waals surface area contributed by atoms with E-state index in [1.165, 1.54) is 6.42 Å². The summed E-state index contributed by atoms with van der Waals surface area (Å²) in [6.07, 6.45) is 5.44. The molecule has 142 valence electrons. The number of rotatable bonds is 5. The van der Waals surface area contributed by atoms with Crippen LogP contribution in [0.5, 0.6) is 0 Å². The van der Waals surface area contributed by atoms with E-state index in [0.717, 1.165) is 36.9 Å². The number of nitrogens with one attached hydrogen (secondary N) is 2. The van der Waals surface area contributed by atoms with Crippen molar-refractivity contribution in [1.29, 1.82) is 0 Å². The van der Waals surface area contributed by atoms with Crippen LogP contribution in [0.15, 0.2) is 50.6 Å². The highest BCUT2D eigenvalue weighted by Crippen LogP contribution is 2.25. The Morgan fingerprint density at radius 1 is 1.07 bits per heavy atom. The van der Waals surface area contributed by atoms with Gasteiger partial charge in [-0.15, -0.1) is 0 Å². The minimum absolute atomic E-state index is 0.102. The summed E-state index contributed by atoms with van der Waals surface area (Å²) in [7, 11) is 0. The molecule has 0 saturated heterocycles. The third-order valence-electron chi connectivity index (χ3n) is 4.67. The Kier molecular flexibility index (Phi) is 6.45. The van der Waals surface area contributed by atoms with Crippen LogP contribution in [0.1, 0.15) is 55.1 Å². The first-order valence-electron chi connectivity index (χ1n) is 9.04. The lowest BCUT2D eigenvalue weighted by Crippen LogP contribution is -2.24. The van der Waals surface area contributed by atoms with Gasteiger partial charge in [0.25, 0.3) is 0 Å². The topological polar surface area (TPSA) is 83.7 Å². The summed E-state index contributed by atoms with van der Waals surface area (Å²) in [6.45, 7) is 1.80. The summed E-state index contributed by atoms with van der Waals surface area (Å²) in [5, 5.41) is 7.08. The summed E-state index contributed by atoms with van der Waals surface area (Å²) in [5.74, 6) is -0.0149. The van der Waals surface area contributed by atoms with Gasteiger partial charge in [-0.25, -0.2) is 5.43 Å². The van der Waals surface area contributed by atoms with Crippen molar-refractivity contribution in [2.45, 2.75) is 39.0 Å². The highest BCUT2D eigenvalue weighted by molar-refractivity contribution is 9.10. The molecule has 2 N–H and O–H groups in total. The molecular formula is C20H22BrN3O3. The van der Waals surface area contributed by atoms with Crippen LogP contribution in [0.2, 0.25) is 0 Å². The minimum Gasteiger partial charge on any atom is -0.444 e. The molecule has 7 heteroatoms. The Balaban J connectivity index is 1.57. The number of carbonyl (C=O) groups excluding carboxylic acids is 2. The molecule has 0 unspecified atom stereocenters. The number of furan rings is 1. The Hall–Kier alpha value is -2.41. The molecule has 1 aliphatic carbocycles. The number of halogens is 1. The van der Waals surface area contributed by atoms with Crippen molar-refractivity contribution in [2.75, 3.05) is 5.32 Å². The molecule has 2 amide bonds. The van der Waals surface area contributed by atoms with E-state index in [0.29, 0.717) is 10.4 Å². The van der Waals surface area contributed by atoms with E-state index in [9.17, 15) is 9.59 Å². The molecule has 1 aromatic heterocycles. The zero-order chi connectivity index (χ0) is 19.2. The molecule has 2 aromatic rings. The first kappa shape index (κ1) is 19.4. The summed E-state index contributed by atoms with van der Waals surface area (Å²) >= 11 is 3.15. The van der Waals surface area contributed by atoms with Gasteiger partial charge in [-0.1, -0.05) is 31.4 Å². The van der Waals surface area contributed by atoms with Crippen molar-refractivity contribution in [3.8, 4) is 0 Å². The lowest BCUT2D eigenvalue weighted by atomic mass is 9.88. The molecule has 0 aliphatic heterocycles. The summed E-state index contributed by atoms with van der Waals surface area (Å²) in [4.78, 5) is 24.2. The van der Waals surface area contributed by atoms with Crippen LogP contribution in [0.25, 0.3) is 0 Å². The second-order valence-corrected chi connectivity index (χ2v) is 7.43. The van der Waals surface area contributed by atoms with E-state index < -0.39 is 5.91 Å². The van der Waals surface area contributed by atoms with Gasteiger partial charge >= 0.3 is 5.91 Å². The number of hydrogen-bond donors (Lipinski definition) is 2. The molecule has 1 aromatic carbocycles. The van der Waals surface area contributed by atoms with Crippen molar-refractivity contribution in [2.24, 2.45) is 11.0 Å². The molecule has 6 nitrogen and oxygen atoms in total. The first-order valence-corrected chi connectivity index (χ1v) is 9.83. The van der Waals surface area contributed by atoms with Crippen LogP contribution >= 0.6 is 15.9 Å². The average molecular weight is 432 g/mol. The predicted octanol–water partition coefficient (Wildman–Crippen LogP) is 4.71. The Labute approximate surface area is 166 Å². The van der Waals surface area contributed by atoms with Crippen molar-refractivity contribution >= 4 is 39.1 Å². The van der Waals surface area contributed by atoms with Crippen LogP contribution in [0.3, 0.4) is 0 Å². The molecule has 1 aliphatic rings. The van der Waals surface area contributed by atoms with Crippen molar-refractivity contribution < 1.29 is 14.0 Å². The molecule has 0 radical (unpaired) electrons. The second kappa shape index (κ2) is 8.99. The smallest absolute Gasteiger partial charge is 0.307 e.